The first-order chi connectivity index (χ1) is 11.9. The van der Waals surface area contributed by atoms with Gasteiger partial charge in [0.2, 0.25) is 0 Å². The third-order valence-electron chi connectivity index (χ3n) is 3.57. The third kappa shape index (κ3) is 10.0. The molecule has 0 N–H and O–H groups in total. The van der Waals surface area contributed by atoms with Crippen LogP contribution in [0.3, 0.4) is 0 Å². The Labute approximate surface area is 151 Å². The van der Waals surface area contributed by atoms with Gasteiger partial charge in [0.05, 0.1) is 18.1 Å². The lowest BCUT2D eigenvalue weighted by molar-refractivity contribution is -0.141. The van der Waals surface area contributed by atoms with Crippen molar-refractivity contribution in [1.29, 1.82) is 0 Å². The van der Waals surface area contributed by atoms with Gasteiger partial charge in [-0.3, -0.25) is 8.98 Å². The zero-order valence-corrected chi connectivity index (χ0v) is 15.9. The predicted octanol–water partition coefficient (Wildman–Crippen LogP) is 4.16. The molecular weight excluding hydrogens is 340 g/mol. The van der Waals surface area contributed by atoms with Crippen LogP contribution in [-0.4, -0.2) is 27.6 Å². The van der Waals surface area contributed by atoms with Crippen molar-refractivity contribution in [3.63, 3.8) is 0 Å². The first kappa shape index (κ1) is 21.4. The van der Waals surface area contributed by atoms with Crippen molar-refractivity contribution < 1.29 is 22.1 Å². The highest BCUT2D eigenvalue weighted by molar-refractivity contribution is 7.86. The number of ether oxygens (including phenoxy) is 1. The van der Waals surface area contributed by atoms with Crippen LogP contribution in [0.15, 0.2) is 41.3 Å². The minimum atomic E-state index is -3.66. The van der Waals surface area contributed by atoms with Crippen molar-refractivity contribution in [3.8, 4) is 0 Å². The van der Waals surface area contributed by atoms with E-state index in [0.29, 0.717) is 13.0 Å². The molecule has 1 aromatic rings. The SMILES string of the molecule is CC(=O)OCCCCCCC=CCCOS(=O)(=O)c1ccc(C)cc1. The Morgan fingerprint density at radius 1 is 0.960 bits per heavy atom. The molecule has 0 aromatic heterocycles. The van der Waals surface area contributed by atoms with Crippen LogP contribution in [0.2, 0.25) is 0 Å². The van der Waals surface area contributed by atoms with Crippen molar-refractivity contribution in [2.75, 3.05) is 13.2 Å². The fraction of sp³-hybridized carbons (Fsp3) is 0.526. The van der Waals surface area contributed by atoms with E-state index >= 15 is 0 Å². The topological polar surface area (TPSA) is 69.7 Å². The largest absolute Gasteiger partial charge is 0.466 e. The number of benzene rings is 1. The van der Waals surface area contributed by atoms with Gasteiger partial charge in [0.15, 0.2) is 0 Å². The average molecular weight is 368 g/mol. The summed E-state index contributed by atoms with van der Waals surface area (Å²) in [6.45, 7) is 3.97. The number of allylic oxidation sites excluding steroid dienone is 1. The Bertz CT molecular complexity index is 632. The molecule has 0 aliphatic rings. The Morgan fingerprint density at radius 3 is 2.28 bits per heavy atom. The van der Waals surface area contributed by atoms with Crippen molar-refractivity contribution in [3.05, 3.63) is 42.0 Å². The molecule has 1 aromatic carbocycles. The maximum atomic E-state index is 12.0. The first-order valence-electron chi connectivity index (χ1n) is 8.66. The van der Waals surface area contributed by atoms with E-state index in [9.17, 15) is 13.2 Å². The summed E-state index contributed by atoms with van der Waals surface area (Å²) in [7, 11) is -3.66. The summed E-state index contributed by atoms with van der Waals surface area (Å²) in [5.74, 6) is -0.227. The molecule has 0 bridgehead atoms. The van der Waals surface area contributed by atoms with Crippen LogP contribution in [0, 0.1) is 6.92 Å². The molecule has 140 valence electrons. The van der Waals surface area contributed by atoms with E-state index in [0.717, 1.165) is 37.7 Å². The van der Waals surface area contributed by atoms with Crippen LogP contribution < -0.4 is 0 Å². The van der Waals surface area contributed by atoms with Crippen molar-refractivity contribution >= 4 is 16.1 Å². The smallest absolute Gasteiger partial charge is 0.302 e. The number of carbonyl (C=O) groups is 1. The van der Waals surface area contributed by atoms with E-state index in [2.05, 4.69) is 0 Å². The lowest BCUT2D eigenvalue weighted by Crippen LogP contribution is -2.07. The number of aryl methyl sites for hydroxylation is 1. The van der Waals surface area contributed by atoms with Gasteiger partial charge in [0.1, 0.15) is 0 Å². The molecule has 6 heteroatoms. The van der Waals surface area contributed by atoms with Crippen LogP contribution in [0.5, 0.6) is 0 Å². The van der Waals surface area contributed by atoms with E-state index in [1.807, 2.05) is 19.1 Å². The lowest BCUT2D eigenvalue weighted by atomic mass is 10.1. The monoisotopic (exact) mass is 368 g/mol. The van der Waals surface area contributed by atoms with Crippen molar-refractivity contribution in [1.82, 2.24) is 0 Å². The van der Waals surface area contributed by atoms with Crippen molar-refractivity contribution in [2.24, 2.45) is 0 Å². The number of hydrogen-bond donors (Lipinski definition) is 0. The number of esters is 1. The van der Waals surface area contributed by atoms with Crippen LogP contribution in [0.25, 0.3) is 0 Å². The number of unbranched alkanes of at least 4 members (excludes halogenated alkanes) is 4. The molecule has 0 amide bonds. The predicted molar refractivity (Wildman–Crippen MR) is 97.8 cm³/mol. The van der Waals surface area contributed by atoms with Gasteiger partial charge in [-0.1, -0.05) is 42.7 Å². The summed E-state index contributed by atoms with van der Waals surface area (Å²) in [5, 5.41) is 0. The highest BCUT2D eigenvalue weighted by Gasteiger charge is 2.13. The molecular formula is C19H28O5S. The van der Waals surface area contributed by atoms with Crippen molar-refractivity contribution in [2.45, 2.75) is 57.3 Å². The second-order valence-electron chi connectivity index (χ2n) is 5.89. The maximum absolute atomic E-state index is 12.0. The summed E-state index contributed by atoms with van der Waals surface area (Å²) in [5.41, 5.74) is 1.01. The second kappa shape index (κ2) is 11.8. The molecule has 0 spiro atoms. The van der Waals surface area contributed by atoms with Gasteiger partial charge < -0.3 is 4.74 Å². The molecule has 0 heterocycles. The van der Waals surface area contributed by atoms with Crippen LogP contribution >= 0.6 is 0 Å². The molecule has 0 aliphatic carbocycles. The summed E-state index contributed by atoms with van der Waals surface area (Å²) >= 11 is 0. The van der Waals surface area contributed by atoms with Gasteiger partial charge in [0, 0.05) is 6.92 Å². The molecule has 0 saturated carbocycles. The minimum Gasteiger partial charge on any atom is -0.466 e. The average Bonchev–Trinajstić information content (AvgIpc) is 2.56. The summed E-state index contributed by atoms with van der Waals surface area (Å²) < 4.78 is 33.8. The van der Waals surface area contributed by atoms with E-state index in [1.54, 1.807) is 24.3 Å². The van der Waals surface area contributed by atoms with Gasteiger partial charge >= 0.3 is 5.97 Å². The zero-order valence-electron chi connectivity index (χ0n) is 15.1. The Kier molecular flexibility index (Phi) is 10.1. The molecule has 0 fully saturated rings. The quantitative estimate of drug-likeness (QED) is 0.240. The highest BCUT2D eigenvalue weighted by Crippen LogP contribution is 2.13. The Hall–Kier alpha value is -1.66. The van der Waals surface area contributed by atoms with E-state index in [-0.39, 0.29) is 17.5 Å². The molecule has 5 nitrogen and oxygen atoms in total. The third-order valence-corrected chi connectivity index (χ3v) is 4.90. The Morgan fingerprint density at radius 2 is 1.60 bits per heavy atom. The number of carbonyl (C=O) groups excluding carboxylic acids is 1. The molecule has 0 radical (unpaired) electrons. The number of rotatable bonds is 12. The molecule has 25 heavy (non-hydrogen) atoms. The zero-order chi connectivity index (χ0) is 18.5. The van der Waals surface area contributed by atoms with Crippen LogP contribution in [0.1, 0.15) is 51.0 Å². The standard InChI is InChI=1S/C19H28O5S/c1-17-11-13-19(14-12-17)25(21,22)24-16-10-8-6-4-3-5-7-9-15-23-18(2)20/h6,8,11-14H,3-5,7,9-10,15-16H2,1-2H3. The minimum absolute atomic E-state index is 0.148. The lowest BCUT2D eigenvalue weighted by Gasteiger charge is -2.04. The molecule has 0 aliphatic heterocycles. The van der Waals surface area contributed by atoms with E-state index < -0.39 is 10.1 Å². The summed E-state index contributed by atoms with van der Waals surface area (Å²) in [6, 6.07) is 6.62. The van der Waals surface area contributed by atoms with Crippen LogP contribution in [0.4, 0.5) is 0 Å². The molecule has 0 unspecified atom stereocenters. The maximum Gasteiger partial charge on any atom is 0.302 e. The number of hydrogen-bond acceptors (Lipinski definition) is 5. The second-order valence-corrected chi connectivity index (χ2v) is 7.51. The summed E-state index contributed by atoms with van der Waals surface area (Å²) in [4.78, 5) is 10.8. The van der Waals surface area contributed by atoms with Gasteiger partial charge in [-0.05, 0) is 44.7 Å². The van der Waals surface area contributed by atoms with Gasteiger partial charge in [-0.25, -0.2) is 0 Å². The van der Waals surface area contributed by atoms with Gasteiger partial charge in [-0.15, -0.1) is 0 Å². The molecule has 1 rings (SSSR count). The van der Waals surface area contributed by atoms with Crippen LogP contribution in [-0.2, 0) is 23.8 Å². The van der Waals surface area contributed by atoms with E-state index in [1.165, 1.54) is 6.92 Å². The van der Waals surface area contributed by atoms with Gasteiger partial charge in [-0.2, -0.15) is 8.42 Å². The van der Waals surface area contributed by atoms with E-state index in [4.69, 9.17) is 8.92 Å². The first-order valence-corrected chi connectivity index (χ1v) is 10.1. The summed E-state index contributed by atoms with van der Waals surface area (Å²) in [6.07, 6.45) is 9.61. The normalized spacial score (nSPS) is 11.8. The fourth-order valence-electron chi connectivity index (χ4n) is 2.17. The molecule has 0 atom stereocenters. The fourth-order valence-corrected chi connectivity index (χ4v) is 3.09. The highest BCUT2D eigenvalue weighted by atomic mass is 32.2. The van der Waals surface area contributed by atoms with Gasteiger partial charge in [0.25, 0.3) is 10.1 Å². The molecule has 0 saturated heterocycles. The Balaban J connectivity index is 2.08.